The second-order valence-corrected chi connectivity index (χ2v) is 12.0. The largest absolute Gasteiger partial charge is 0.548 e. The number of hydrogen-bond acceptors (Lipinski definition) is 8. The Labute approximate surface area is 254 Å². The molecule has 4 amide bonds. The van der Waals surface area contributed by atoms with Crippen LogP contribution in [0.1, 0.15) is 59.5 Å². The van der Waals surface area contributed by atoms with Gasteiger partial charge in [0, 0.05) is 63.5 Å². The summed E-state index contributed by atoms with van der Waals surface area (Å²) in [6, 6.07) is 2.78. The maximum Gasteiger partial charge on any atom is 0.268 e. The van der Waals surface area contributed by atoms with Crippen molar-refractivity contribution in [3.8, 4) is 0 Å². The van der Waals surface area contributed by atoms with Crippen molar-refractivity contribution < 1.29 is 39.0 Å². The Morgan fingerprint density at radius 3 is 1.39 bits per heavy atom. The van der Waals surface area contributed by atoms with E-state index in [9.17, 15) is 39.0 Å². The molecular formula is C30H36N6O8-2. The third-order valence-electron chi connectivity index (χ3n) is 9.14. The van der Waals surface area contributed by atoms with E-state index in [4.69, 9.17) is 0 Å². The van der Waals surface area contributed by atoms with E-state index in [1.54, 1.807) is 59.9 Å². The lowest BCUT2D eigenvalue weighted by Gasteiger charge is -2.37. The van der Waals surface area contributed by atoms with Gasteiger partial charge in [0.05, 0.1) is 24.0 Å². The molecule has 6 atom stereocenters. The van der Waals surface area contributed by atoms with Crippen molar-refractivity contribution in [1.82, 2.24) is 29.6 Å². The molecule has 2 aromatic heterocycles. The normalized spacial score (nSPS) is 26.8. The molecule has 0 radical (unpaired) electrons. The minimum atomic E-state index is -1.46. The fourth-order valence-corrected chi connectivity index (χ4v) is 6.88. The number of carbonyl (C=O) groups is 6. The van der Waals surface area contributed by atoms with Crippen LogP contribution >= 0.6 is 0 Å². The van der Waals surface area contributed by atoms with Gasteiger partial charge in [-0.15, -0.1) is 0 Å². The Morgan fingerprint density at radius 2 is 1.07 bits per heavy atom. The van der Waals surface area contributed by atoms with Crippen LogP contribution in [0.3, 0.4) is 0 Å². The third kappa shape index (κ3) is 6.06. The van der Waals surface area contributed by atoms with Crippen LogP contribution in [-0.4, -0.2) is 91.8 Å². The SMILES string of the molecule is Cn1cccc1C(=O)N[C@H]1C[C@@H](C(=O)[O-])N(C(=O)[C@H]2CCCC[C@@H]2C(=O)N2C[C@@H](NC(=O)c3cccn3C)C[C@H]2C(=O)[O-])C1. The Hall–Kier alpha value is -4.62. The molecule has 236 valence electrons. The fourth-order valence-electron chi connectivity index (χ4n) is 6.88. The predicted molar refractivity (Wildman–Crippen MR) is 149 cm³/mol. The number of amides is 4. The van der Waals surface area contributed by atoms with Crippen molar-refractivity contribution in [2.45, 2.75) is 62.7 Å². The van der Waals surface area contributed by atoms with Crippen LogP contribution in [0.5, 0.6) is 0 Å². The van der Waals surface area contributed by atoms with Gasteiger partial charge in [-0.25, -0.2) is 0 Å². The smallest absolute Gasteiger partial charge is 0.268 e. The quantitative estimate of drug-likeness (QED) is 0.337. The zero-order chi connectivity index (χ0) is 31.7. The molecule has 0 aromatic carbocycles. The number of rotatable bonds is 8. The Kier molecular flexibility index (Phi) is 8.79. The zero-order valence-electron chi connectivity index (χ0n) is 24.6. The molecule has 0 unspecified atom stereocenters. The molecule has 0 bridgehead atoms. The van der Waals surface area contributed by atoms with Crippen LogP contribution in [-0.2, 0) is 33.3 Å². The van der Waals surface area contributed by atoms with Gasteiger partial charge in [-0.2, -0.15) is 0 Å². The molecule has 3 fully saturated rings. The van der Waals surface area contributed by atoms with Gasteiger partial charge in [0.15, 0.2) is 0 Å². The number of nitrogens with zero attached hydrogens (tertiary/aromatic N) is 4. The summed E-state index contributed by atoms with van der Waals surface area (Å²) in [5.74, 6) is -6.55. The van der Waals surface area contributed by atoms with Gasteiger partial charge in [-0.1, -0.05) is 12.8 Å². The van der Waals surface area contributed by atoms with Gasteiger partial charge >= 0.3 is 0 Å². The van der Waals surface area contributed by atoms with Gasteiger partial charge in [-0.3, -0.25) is 19.2 Å². The molecular weight excluding hydrogens is 572 g/mol. The first-order valence-corrected chi connectivity index (χ1v) is 14.8. The summed E-state index contributed by atoms with van der Waals surface area (Å²) in [7, 11) is 3.41. The van der Waals surface area contributed by atoms with E-state index < -0.39 is 71.6 Å². The molecule has 44 heavy (non-hydrogen) atoms. The summed E-state index contributed by atoms with van der Waals surface area (Å²) in [6.07, 6.45) is 5.23. The highest BCUT2D eigenvalue weighted by Crippen LogP contribution is 2.36. The van der Waals surface area contributed by atoms with Crippen LogP contribution < -0.4 is 20.8 Å². The highest BCUT2D eigenvalue weighted by atomic mass is 16.4. The summed E-state index contributed by atoms with van der Waals surface area (Å²) in [4.78, 5) is 79.8. The average molecular weight is 609 g/mol. The van der Waals surface area contributed by atoms with Crippen LogP contribution in [0.15, 0.2) is 36.7 Å². The maximum atomic E-state index is 13.9. The number of aryl methyl sites for hydroxylation is 2. The molecule has 2 aromatic rings. The number of carbonyl (C=O) groups excluding carboxylic acids is 6. The molecule has 14 nitrogen and oxygen atoms in total. The molecule has 3 aliphatic rings. The molecule has 2 aliphatic heterocycles. The highest BCUT2D eigenvalue weighted by molar-refractivity contribution is 5.95. The summed E-state index contributed by atoms with van der Waals surface area (Å²) in [5.41, 5.74) is 0.757. The lowest BCUT2D eigenvalue weighted by Crippen LogP contribution is -2.54. The summed E-state index contributed by atoms with van der Waals surface area (Å²) in [5, 5.41) is 29.8. The van der Waals surface area contributed by atoms with E-state index in [2.05, 4.69) is 10.6 Å². The lowest BCUT2D eigenvalue weighted by molar-refractivity contribution is -0.312. The first-order valence-electron chi connectivity index (χ1n) is 14.8. The summed E-state index contributed by atoms with van der Waals surface area (Å²) in [6.45, 7) is -0.132. The fraction of sp³-hybridized carbons (Fsp3) is 0.533. The standard InChI is InChI=1S/C30H38N6O8/c1-33-11-5-9-21(33)25(37)31-17-13-23(29(41)42)35(15-17)27(39)19-7-3-4-8-20(19)28(40)36-16-18(14-24(36)30(43)44)32-26(38)22-10-6-12-34(22)2/h5-6,9-12,17-20,23-24H,3-4,7-8,13-16H2,1-2H3,(H,31,37)(H,32,38)(H,41,42)(H,43,44)/p-2/t17-,18-,19-,20-,23-,24-/m0/s1. The highest BCUT2D eigenvalue weighted by Gasteiger charge is 2.47. The van der Waals surface area contributed by atoms with Gasteiger partial charge in [-0.05, 0) is 49.9 Å². The average Bonchev–Trinajstić information content (AvgIpc) is 3.79. The van der Waals surface area contributed by atoms with Crippen LogP contribution in [0.25, 0.3) is 0 Å². The van der Waals surface area contributed by atoms with Crippen molar-refractivity contribution in [2.75, 3.05) is 13.1 Å². The zero-order valence-corrected chi connectivity index (χ0v) is 24.6. The minimum Gasteiger partial charge on any atom is -0.548 e. The molecule has 0 spiro atoms. The van der Waals surface area contributed by atoms with Crippen LogP contribution in [0.2, 0.25) is 0 Å². The number of carboxylic acid groups (broad SMARTS) is 2. The van der Waals surface area contributed by atoms with Gasteiger partial charge in [0.2, 0.25) is 11.8 Å². The van der Waals surface area contributed by atoms with Crippen molar-refractivity contribution in [2.24, 2.45) is 25.9 Å². The lowest BCUT2D eigenvalue weighted by atomic mass is 9.77. The van der Waals surface area contributed by atoms with Gasteiger partial charge < -0.3 is 49.4 Å². The predicted octanol–water partition coefficient (Wildman–Crippen LogP) is -2.23. The van der Waals surface area contributed by atoms with E-state index in [-0.39, 0.29) is 25.9 Å². The monoisotopic (exact) mass is 608 g/mol. The number of likely N-dealkylation sites (tertiary alicyclic amines) is 2. The summed E-state index contributed by atoms with van der Waals surface area (Å²) >= 11 is 0. The number of nitrogens with one attached hydrogen (secondary N) is 2. The number of carboxylic acids is 2. The van der Waals surface area contributed by atoms with E-state index in [1.165, 1.54) is 9.80 Å². The molecule has 14 heteroatoms. The molecule has 5 rings (SSSR count). The van der Waals surface area contributed by atoms with E-state index >= 15 is 0 Å². The van der Waals surface area contributed by atoms with Gasteiger partial charge in [0.25, 0.3) is 11.8 Å². The number of hydrogen-bond donors (Lipinski definition) is 2. The Morgan fingerprint density at radius 1 is 0.682 bits per heavy atom. The van der Waals surface area contributed by atoms with Gasteiger partial charge in [0.1, 0.15) is 11.4 Å². The first-order chi connectivity index (χ1) is 21.0. The number of aliphatic carboxylic acids is 2. The van der Waals surface area contributed by atoms with Crippen molar-refractivity contribution in [1.29, 1.82) is 0 Å². The summed E-state index contributed by atoms with van der Waals surface area (Å²) < 4.78 is 3.25. The van der Waals surface area contributed by atoms with E-state index in [1.807, 2.05) is 0 Å². The Balaban J connectivity index is 1.30. The van der Waals surface area contributed by atoms with E-state index in [0.29, 0.717) is 37.1 Å². The van der Waals surface area contributed by atoms with E-state index in [0.717, 1.165) is 0 Å². The molecule has 2 saturated heterocycles. The van der Waals surface area contributed by atoms with Crippen molar-refractivity contribution in [3.05, 3.63) is 48.0 Å². The second-order valence-electron chi connectivity index (χ2n) is 12.0. The molecule has 4 heterocycles. The van der Waals surface area contributed by atoms with Crippen LogP contribution in [0, 0.1) is 11.8 Å². The molecule has 1 aliphatic carbocycles. The van der Waals surface area contributed by atoms with Crippen molar-refractivity contribution in [3.63, 3.8) is 0 Å². The second kappa shape index (κ2) is 12.5. The number of aromatic nitrogens is 2. The third-order valence-corrected chi connectivity index (χ3v) is 9.14. The molecule has 1 saturated carbocycles. The topological polar surface area (TPSA) is 189 Å². The maximum absolute atomic E-state index is 13.9. The molecule has 2 N–H and O–H groups in total. The Bertz CT molecular complexity index is 1360. The van der Waals surface area contributed by atoms with Crippen LogP contribution in [0.4, 0.5) is 0 Å². The minimum absolute atomic E-state index is 0.0447. The van der Waals surface area contributed by atoms with Crippen molar-refractivity contribution >= 4 is 35.6 Å². The first kappa shape index (κ1) is 30.8.